The molecule has 0 unspecified atom stereocenters. The Morgan fingerprint density at radius 2 is 1.69 bits per heavy atom. The Hall–Kier alpha value is -4.00. The van der Waals surface area contributed by atoms with E-state index in [-0.39, 0.29) is 0 Å². The molecule has 0 spiro atoms. The zero-order chi connectivity index (χ0) is 22.7. The highest BCUT2D eigenvalue weighted by Crippen LogP contribution is 2.48. The molecule has 7 heteroatoms. The first-order chi connectivity index (χ1) is 15.5. The summed E-state index contributed by atoms with van der Waals surface area (Å²) in [6.07, 6.45) is 6.01. The molecule has 1 heterocycles. The van der Waals surface area contributed by atoms with Crippen LogP contribution in [0.3, 0.4) is 0 Å². The maximum atomic E-state index is 11.5. The number of aryl methyl sites for hydroxylation is 1. The minimum Gasteiger partial charge on any atom is -0.481 e. The van der Waals surface area contributed by atoms with E-state index in [2.05, 4.69) is 20.6 Å². The molecule has 3 aromatic rings. The number of anilines is 1. The van der Waals surface area contributed by atoms with Crippen molar-refractivity contribution in [2.24, 2.45) is 0 Å². The summed E-state index contributed by atoms with van der Waals surface area (Å²) in [6, 6.07) is 15.7. The number of carboxylic acid groups (broad SMARTS) is 1. The predicted molar refractivity (Wildman–Crippen MR) is 126 cm³/mol. The van der Waals surface area contributed by atoms with Crippen molar-refractivity contribution in [1.82, 2.24) is 15.3 Å². The van der Waals surface area contributed by atoms with Crippen LogP contribution in [0.1, 0.15) is 29.7 Å². The molecule has 0 radical (unpaired) electrons. The van der Waals surface area contributed by atoms with Crippen molar-refractivity contribution < 1.29 is 9.90 Å². The largest absolute Gasteiger partial charge is 0.481 e. The van der Waals surface area contributed by atoms with Crippen LogP contribution in [-0.4, -0.2) is 34.3 Å². The number of hydrogen-bond donors (Lipinski definition) is 4. The molecule has 1 aliphatic rings. The number of nitrogens with one attached hydrogen (secondary N) is 3. The summed E-state index contributed by atoms with van der Waals surface area (Å²) in [5.74, 6) is 0.506. The summed E-state index contributed by atoms with van der Waals surface area (Å²) in [5.41, 5.74) is 4.58. The number of nitrogens with zero attached hydrogens (tertiary/aromatic N) is 2. The summed E-state index contributed by atoms with van der Waals surface area (Å²) in [4.78, 5) is 20.1. The topological polar surface area (TPSA) is 111 Å². The third-order valence-corrected chi connectivity index (χ3v) is 5.80. The lowest BCUT2D eigenvalue weighted by molar-refractivity contribution is -0.140. The molecule has 1 aliphatic carbocycles. The van der Waals surface area contributed by atoms with Gasteiger partial charge in [-0.1, -0.05) is 48.5 Å². The van der Waals surface area contributed by atoms with Gasteiger partial charge in [-0.05, 0) is 42.0 Å². The van der Waals surface area contributed by atoms with Gasteiger partial charge in [-0.15, -0.1) is 0 Å². The highest BCUT2D eigenvalue weighted by molar-refractivity contribution is 6.10. The molecule has 32 heavy (non-hydrogen) atoms. The van der Waals surface area contributed by atoms with Gasteiger partial charge in [0.2, 0.25) is 0 Å². The molecule has 0 saturated heterocycles. The maximum absolute atomic E-state index is 11.5. The molecule has 4 rings (SSSR count). The zero-order valence-electron chi connectivity index (χ0n) is 18.0. The fourth-order valence-corrected chi connectivity index (χ4v) is 3.79. The summed E-state index contributed by atoms with van der Waals surface area (Å²) in [6.45, 7) is 1.87. The van der Waals surface area contributed by atoms with E-state index in [9.17, 15) is 9.90 Å². The highest BCUT2D eigenvalue weighted by atomic mass is 16.4. The van der Waals surface area contributed by atoms with Crippen LogP contribution >= 0.6 is 0 Å². The van der Waals surface area contributed by atoms with E-state index >= 15 is 0 Å². The number of aliphatic carboxylic acids is 1. The van der Waals surface area contributed by atoms with E-state index in [1.165, 1.54) is 6.21 Å². The van der Waals surface area contributed by atoms with Gasteiger partial charge in [0.1, 0.15) is 11.6 Å². The Bertz CT molecular complexity index is 1180. The summed E-state index contributed by atoms with van der Waals surface area (Å²) >= 11 is 0. The maximum Gasteiger partial charge on any atom is 0.314 e. The highest BCUT2D eigenvalue weighted by Gasteiger charge is 2.51. The Kier molecular flexibility index (Phi) is 5.73. The van der Waals surface area contributed by atoms with Crippen LogP contribution in [-0.2, 0) is 10.2 Å². The van der Waals surface area contributed by atoms with Crippen LogP contribution in [0.5, 0.6) is 0 Å². The normalized spacial score (nSPS) is 14.8. The lowest BCUT2D eigenvalue weighted by Gasteiger charge is -2.15. The Balaban J connectivity index is 1.58. The molecule has 2 aromatic carbocycles. The Morgan fingerprint density at radius 3 is 2.19 bits per heavy atom. The second-order valence-corrected chi connectivity index (χ2v) is 7.90. The number of aromatic nitrogens is 2. The second kappa shape index (κ2) is 8.63. The minimum atomic E-state index is -0.744. The Labute approximate surface area is 186 Å². The molecule has 162 valence electrons. The van der Waals surface area contributed by atoms with E-state index in [1.807, 2.05) is 55.5 Å². The third-order valence-electron chi connectivity index (χ3n) is 5.80. The van der Waals surface area contributed by atoms with Crippen LogP contribution in [0, 0.1) is 12.3 Å². The number of allylic oxidation sites excluding steroid dienone is 1. The molecule has 0 atom stereocenters. The first-order valence-electron chi connectivity index (χ1n) is 10.4. The SMILES string of the molecule is CN/C(Nc1cncc(C)n1)=C(\C=N)c1ccc(-c2ccc(C3(C(=O)O)CC3)cc2)cc1. The molecular formula is C25H25N5O2. The lowest BCUT2D eigenvalue weighted by atomic mass is 9.93. The van der Waals surface area contributed by atoms with E-state index in [0.717, 1.165) is 27.9 Å². The summed E-state index contributed by atoms with van der Waals surface area (Å²) in [7, 11) is 1.79. The van der Waals surface area contributed by atoms with E-state index < -0.39 is 11.4 Å². The third kappa shape index (κ3) is 4.09. The summed E-state index contributed by atoms with van der Waals surface area (Å²) < 4.78 is 0. The van der Waals surface area contributed by atoms with Gasteiger partial charge in [0.25, 0.3) is 0 Å². The average molecular weight is 428 g/mol. The van der Waals surface area contributed by atoms with E-state index in [4.69, 9.17) is 5.41 Å². The molecule has 0 aliphatic heterocycles. The monoisotopic (exact) mass is 427 g/mol. The molecule has 0 amide bonds. The fraction of sp³-hybridized carbons (Fsp3) is 0.200. The van der Waals surface area contributed by atoms with Gasteiger partial charge in [0, 0.05) is 25.0 Å². The molecule has 1 fully saturated rings. The standard InChI is InChI=1S/C25H25N5O2/c1-16-14-28-15-22(29-16)30-23(27-2)21(13-26)19-5-3-17(4-6-19)18-7-9-20(10-8-18)25(11-12-25)24(31)32/h3-10,13-15,26-27H,11-12H2,1-2H3,(H,29,30)(H,31,32)/b23-21-,26-13?. The van der Waals surface area contributed by atoms with E-state index in [0.29, 0.717) is 30.1 Å². The van der Waals surface area contributed by atoms with Crippen LogP contribution in [0.25, 0.3) is 16.7 Å². The van der Waals surface area contributed by atoms with Crippen LogP contribution in [0.15, 0.2) is 66.7 Å². The van der Waals surface area contributed by atoms with Crippen molar-refractivity contribution in [1.29, 1.82) is 5.41 Å². The van der Waals surface area contributed by atoms with Crippen molar-refractivity contribution in [2.75, 3.05) is 12.4 Å². The fourth-order valence-electron chi connectivity index (χ4n) is 3.79. The van der Waals surface area contributed by atoms with Crippen molar-refractivity contribution in [3.8, 4) is 11.1 Å². The molecule has 7 nitrogen and oxygen atoms in total. The van der Waals surface area contributed by atoms with Crippen molar-refractivity contribution in [3.63, 3.8) is 0 Å². The second-order valence-electron chi connectivity index (χ2n) is 7.90. The average Bonchev–Trinajstić information content (AvgIpc) is 3.62. The van der Waals surface area contributed by atoms with Crippen LogP contribution in [0.2, 0.25) is 0 Å². The van der Waals surface area contributed by atoms with Gasteiger partial charge in [0.15, 0.2) is 0 Å². The van der Waals surface area contributed by atoms with Gasteiger partial charge in [-0.2, -0.15) is 0 Å². The number of hydrogen-bond acceptors (Lipinski definition) is 6. The predicted octanol–water partition coefficient (Wildman–Crippen LogP) is 4.22. The van der Waals surface area contributed by atoms with Crippen LogP contribution < -0.4 is 10.6 Å². The van der Waals surface area contributed by atoms with Gasteiger partial charge >= 0.3 is 5.97 Å². The molecule has 4 N–H and O–H groups in total. The van der Waals surface area contributed by atoms with Crippen molar-refractivity contribution >= 4 is 23.6 Å². The minimum absolute atomic E-state index is 0.597. The zero-order valence-corrected chi connectivity index (χ0v) is 18.0. The lowest BCUT2D eigenvalue weighted by Crippen LogP contribution is -2.19. The van der Waals surface area contributed by atoms with Crippen LogP contribution in [0.4, 0.5) is 5.82 Å². The van der Waals surface area contributed by atoms with Gasteiger partial charge < -0.3 is 21.1 Å². The van der Waals surface area contributed by atoms with Gasteiger partial charge in [-0.25, -0.2) is 4.98 Å². The van der Waals surface area contributed by atoms with Gasteiger partial charge in [-0.3, -0.25) is 9.78 Å². The molecule has 1 aromatic heterocycles. The number of rotatable bonds is 8. The Morgan fingerprint density at radius 1 is 1.06 bits per heavy atom. The number of benzene rings is 2. The summed E-state index contributed by atoms with van der Waals surface area (Å²) in [5, 5.41) is 23.7. The smallest absolute Gasteiger partial charge is 0.314 e. The van der Waals surface area contributed by atoms with Gasteiger partial charge in [0.05, 0.1) is 17.3 Å². The van der Waals surface area contributed by atoms with Crippen molar-refractivity contribution in [3.05, 3.63) is 83.6 Å². The number of carboxylic acids is 1. The molecular weight excluding hydrogens is 402 g/mol. The first-order valence-corrected chi connectivity index (χ1v) is 10.4. The quantitative estimate of drug-likeness (QED) is 0.401. The molecule has 0 bridgehead atoms. The molecule has 1 saturated carbocycles. The van der Waals surface area contributed by atoms with E-state index in [1.54, 1.807) is 19.4 Å². The number of carbonyl (C=O) groups is 1. The first kappa shape index (κ1) is 21.2. The van der Waals surface area contributed by atoms with Crippen molar-refractivity contribution in [2.45, 2.75) is 25.2 Å².